The largest absolute Gasteiger partial charge is 0.325 e. The van der Waals surface area contributed by atoms with Crippen molar-refractivity contribution in [1.82, 2.24) is 9.88 Å². The van der Waals surface area contributed by atoms with Crippen molar-refractivity contribution in [2.75, 3.05) is 18.4 Å². The van der Waals surface area contributed by atoms with E-state index in [9.17, 15) is 4.79 Å². The van der Waals surface area contributed by atoms with E-state index in [1.54, 1.807) is 18.3 Å². The molecule has 98 valence electrons. The number of nitrogens with zero attached hydrogens (tertiary/aromatic N) is 2. The number of urea groups is 1. The molecule has 2 amide bonds. The van der Waals surface area contributed by atoms with Gasteiger partial charge in [0.25, 0.3) is 0 Å². The predicted octanol–water partition coefficient (Wildman–Crippen LogP) is 3.52. The topological polar surface area (TPSA) is 45.2 Å². The lowest BCUT2D eigenvalue weighted by Crippen LogP contribution is -2.32. The van der Waals surface area contributed by atoms with Crippen molar-refractivity contribution in [2.24, 2.45) is 0 Å². The van der Waals surface area contributed by atoms with Crippen molar-refractivity contribution >= 4 is 34.2 Å². The van der Waals surface area contributed by atoms with Crippen LogP contribution in [0.5, 0.6) is 0 Å². The zero-order chi connectivity index (χ0) is 13.2. The normalized spacial score (nSPS) is 14.9. The van der Waals surface area contributed by atoms with Gasteiger partial charge in [0.15, 0.2) is 0 Å². The van der Waals surface area contributed by atoms with E-state index >= 15 is 0 Å². The number of hydrogen-bond donors (Lipinski definition) is 1. The van der Waals surface area contributed by atoms with Crippen LogP contribution in [-0.2, 0) is 0 Å². The predicted molar refractivity (Wildman–Crippen MR) is 76.6 cm³/mol. The molecule has 0 saturated carbocycles. The van der Waals surface area contributed by atoms with Crippen LogP contribution in [0.1, 0.15) is 12.8 Å². The van der Waals surface area contributed by atoms with E-state index in [0.717, 1.165) is 36.8 Å². The molecule has 0 radical (unpaired) electrons. The van der Waals surface area contributed by atoms with E-state index in [0.29, 0.717) is 10.7 Å². The summed E-state index contributed by atoms with van der Waals surface area (Å²) in [5.74, 6) is 0. The monoisotopic (exact) mass is 275 g/mol. The molecule has 3 rings (SSSR count). The summed E-state index contributed by atoms with van der Waals surface area (Å²) in [6.45, 7) is 1.65. The maximum absolute atomic E-state index is 12.1. The minimum atomic E-state index is -0.0632. The Balaban J connectivity index is 1.92. The summed E-state index contributed by atoms with van der Waals surface area (Å²) in [7, 11) is 0. The van der Waals surface area contributed by atoms with Gasteiger partial charge < -0.3 is 10.2 Å². The summed E-state index contributed by atoms with van der Waals surface area (Å²) >= 11 is 6.13. The molecule has 0 atom stereocenters. The van der Waals surface area contributed by atoms with Gasteiger partial charge in [0.05, 0.1) is 16.2 Å². The van der Waals surface area contributed by atoms with Crippen LogP contribution in [0.3, 0.4) is 0 Å². The first-order chi connectivity index (χ1) is 9.25. The Bertz CT molecular complexity index is 623. The van der Waals surface area contributed by atoms with Gasteiger partial charge in [-0.15, -0.1) is 0 Å². The average molecular weight is 276 g/mol. The number of anilines is 1. The molecule has 0 aliphatic carbocycles. The molecule has 1 fully saturated rings. The maximum Gasteiger partial charge on any atom is 0.321 e. The SMILES string of the molecule is O=C(Nc1ccc(Cl)c2cccnc12)N1CCCC1. The average Bonchev–Trinajstić information content (AvgIpc) is 2.96. The van der Waals surface area contributed by atoms with Gasteiger partial charge in [-0.25, -0.2) is 4.79 Å². The Kier molecular flexibility index (Phi) is 3.25. The number of benzene rings is 1. The highest BCUT2D eigenvalue weighted by atomic mass is 35.5. The Morgan fingerprint density at radius 1 is 1.26 bits per heavy atom. The molecule has 0 spiro atoms. The number of halogens is 1. The van der Waals surface area contributed by atoms with E-state index in [1.165, 1.54) is 0 Å². The molecule has 1 saturated heterocycles. The summed E-state index contributed by atoms with van der Waals surface area (Å²) in [5.41, 5.74) is 1.43. The van der Waals surface area contributed by atoms with Crippen molar-refractivity contribution in [3.63, 3.8) is 0 Å². The second-order valence-electron chi connectivity index (χ2n) is 4.62. The Morgan fingerprint density at radius 3 is 2.84 bits per heavy atom. The fraction of sp³-hybridized carbons (Fsp3) is 0.286. The minimum absolute atomic E-state index is 0.0632. The van der Waals surface area contributed by atoms with Crippen LogP contribution in [0, 0.1) is 0 Å². The first-order valence-corrected chi connectivity index (χ1v) is 6.72. The Morgan fingerprint density at radius 2 is 2.05 bits per heavy atom. The molecule has 5 heteroatoms. The number of carbonyl (C=O) groups excluding carboxylic acids is 1. The Hall–Kier alpha value is -1.81. The van der Waals surface area contributed by atoms with Crippen molar-refractivity contribution in [2.45, 2.75) is 12.8 Å². The van der Waals surface area contributed by atoms with Crippen LogP contribution in [0.15, 0.2) is 30.5 Å². The number of carbonyl (C=O) groups is 1. The smallest absolute Gasteiger partial charge is 0.321 e. The van der Waals surface area contributed by atoms with Gasteiger partial charge in [-0.2, -0.15) is 0 Å². The summed E-state index contributed by atoms with van der Waals surface area (Å²) in [6, 6.07) is 7.25. The number of amides is 2. The third-order valence-electron chi connectivity index (χ3n) is 3.35. The van der Waals surface area contributed by atoms with Gasteiger partial charge in [0.1, 0.15) is 0 Å². The van der Waals surface area contributed by atoms with Gasteiger partial charge >= 0.3 is 6.03 Å². The van der Waals surface area contributed by atoms with Crippen LogP contribution < -0.4 is 5.32 Å². The second-order valence-corrected chi connectivity index (χ2v) is 5.03. The number of likely N-dealkylation sites (tertiary alicyclic amines) is 1. The first-order valence-electron chi connectivity index (χ1n) is 6.35. The lowest BCUT2D eigenvalue weighted by Gasteiger charge is -2.17. The van der Waals surface area contributed by atoms with Crippen LogP contribution in [0.4, 0.5) is 10.5 Å². The van der Waals surface area contributed by atoms with Gasteiger partial charge in [-0.05, 0) is 37.1 Å². The molecule has 19 heavy (non-hydrogen) atoms. The summed E-state index contributed by atoms with van der Waals surface area (Å²) in [5, 5.41) is 4.41. The van der Waals surface area contributed by atoms with Crippen LogP contribution in [0.25, 0.3) is 10.9 Å². The zero-order valence-electron chi connectivity index (χ0n) is 10.4. The van der Waals surface area contributed by atoms with E-state index in [4.69, 9.17) is 11.6 Å². The van der Waals surface area contributed by atoms with Gasteiger partial charge in [-0.3, -0.25) is 4.98 Å². The number of aromatic nitrogens is 1. The lowest BCUT2D eigenvalue weighted by atomic mass is 10.2. The van der Waals surface area contributed by atoms with E-state index in [2.05, 4.69) is 10.3 Å². The van der Waals surface area contributed by atoms with E-state index in [-0.39, 0.29) is 6.03 Å². The molecule has 4 nitrogen and oxygen atoms in total. The minimum Gasteiger partial charge on any atom is -0.325 e. The third kappa shape index (κ3) is 2.36. The number of nitrogens with one attached hydrogen (secondary N) is 1. The number of pyridine rings is 1. The van der Waals surface area contributed by atoms with Crippen molar-refractivity contribution in [1.29, 1.82) is 0 Å². The third-order valence-corrected chi connectivity index (χ3v) is 3.68. The van der Waals surface area contributed by atoms with Gasteiger partial charge in [0.2, 0.25) is 0 Å². The molecule has 1 N–H and O–H groups in total. The second kappa shape index (κ2) is 5.05. The summed E-state index contributed by atoms with van der Waals surface area (Å²) in [6.07, 6.45) is 3.85. The number of rotatable bonds is 1. The zero-order valence-corrected chi connectivity index (χ0v) is 11.2. The quantitative estimate of drug-likeness (QED) is 0.865. The molecule has 0 unspecified atom stereocenters. The maximum atomic E-state index is 12.1. The van der Waals surface area contributed by atoms with Crippen molar-refractivity contribution in [3.8, 4) is 0 Å². The van der Waals surface area contributed by atoms with Crippen molar-refractivity contribution in [3.05, 3.63) is 35.5 Å². The molecular weight excluding hydrogens is 262 g/mol. The molecule has 2 heterocycles. The first kappa shape index (κ1) is 12.2. The molecule has 1 aliphatic rings. The standard InChI is InChI=1S/C14H14ClN3O/c15-11-5-6-12(13-10(11)4-3-7-16-13)17-14(19)18-8-1-2-9-18/h3-7H,1-2,8-9H2,(H,17,19). The fourth-order valence-electron chi connectivity index (χ4n) is 2.35. The lowest BCUT2D eigenvalue weighted by molar-refractivity contribution is 0.222. The van der Waals surface area contributed by atoms with Gasteiger partial charge in [-0.1, -0.05) is 11.6 Å². The highest BCUT2D eigenvalue weighted by Crippen LogP contribution is 2.28. The van der Waals surface area contributed by atoms with Crippen LogP contribution in [0.2, 0.25) is 5.02 Å². The molecule has 1 aromatic carbocycles. The van der Waals surface area contributed by atoms with Crippen molar-refractivity contribution < 1.29 is 4.79 Å². The van der Waals surface area contributed by atoms with E-state index in [1.807, 2.05) is 17.0 Å². The van der Waals surface area contributed by atoms with Crippen LogP contribution in [-0.4, -0.2) is 29.0 Å². The Labute approximate surface area is 116 Å². The summed E-state index contributed by atoms with van der Waals surface area (Å²) in [4.78, 5) is 18.2. The van der Waals surface area contributed by atoms with E-state index < -0.39 is 0 Å². The summed E-state index contributed by atoms with van der Waals surface area (Å²) < 4.78 is 0. The highest BCUT2D eigenvalue weighted by Gasteiger charge is 2.18. The molecular formula is C14H14ClN3O. The highest BCUT2D eigenvalue weighted by molar-refractivity contribution is 6.35. The molecule has 2 aromatic rings. The molecule has 1 aliphatic heterocycles. The molecule has 0 bridgehead atoms. The number of hydrogen-bond acceptors (Lipinski definition) is 2. The molecule has 1 aromatic heterocycles. The van der Waals surface area contributed by atoms with Gasteiger partial charge in [0, 0.05) is 24.7 Å². The number of fused-ring (bicyclic) bond motifs is 1. The van der Waals surface area contributed by atoms with Crippen LogP contribution >= 0.6 is 11.6 Å². The fourth-order valence-corrected chi connectivity index (χ4v) is 2.57.